The molecule has 0 unspecified atom stereocenters. The summed E-state index contributed by atoms with van der Waals surface area (Å²) in [5.41, 5.74) is 0. The molecule has 0 atom stereocenters. The van der Waals surface area contributed by atoms with Gasteiger partial charge in [-0.1, -0.05) is 11.6 Å². The van der Waals surface area contributed by atoms with Gasteiger partial charge in [0.2, 0.25) is 0 Å². The van der Waals surface area contributed by atoms with E-state index in [1.165, 1.54) is 45.3 Å². The summed E-state index contributed by atoms with van der Waals surface area (Å²) in [5, 5.41) is 0.756. The van der Waals surface area contributed by atoms with Gasteiger partial charge in [-0.3, -0.25) is 0 Å². The van der Waals surface area contributed by atoms with Crippen molar-refractivity contribution in [3.05, 3.63) is 35.7 Å². The molecule has 105 valence electrons. The highest BCUT2D eigenvalue weighted by Crippen LogP contribution is 2.16. The summed E-state index contributed by atoms with van der Waals surface area (Å²) < 4.78 is 5.68. The molecule has 3 heteroatoms. The highest BCUT2D eigenvalue weighted by atomic mass is 35.5. The van der Waals surface area contributed by atoms with Gasteiger partial charge in [0.25, 0.3) is 0 Å². The lowest BCUT2D eigenvalue weighted by Gasteiger charge is -2.26. The average Bonchev–Trinajstić information content (AvgIpc) is 2.46. The number of piperidine rings is 1. The number of rotatable bonds is 7. The summed E-state index contributed by atoms with van der Waals surface area (Å²) >= 11 is 5.83. The third-order valence-corrected chi connectivity index (χ3v) is 3.75. The molecule has 0 N–H and O–H groups in total. The lowest BCUT2D eigenvalue weighted by atomic mass is 10.1. The first kappa shape index (κ1) is 14.7. The van der Waals surface area contributed by atoms with E-state index >= 15 is 0 Å². The van der Waals surface area contributed by atoms with Crippen molar-refractivity contribution in [2.45, 2.75) is 32.1 Å². The van der Waals surface area contributed by atoms with Crippen LogP contribution in [-0.2, 0) is 0 Å². The monoisotopic (exact) mass is 280 g/mol. The van der Waals surface area contributed by atoms with Crippen LogP contribution in [0, 0.1) is 6.42 Å². The third kappa shape index (κ3) is 5.84. The van der Waals surface area contributed by atoms with Gasteiger partial charge in [0.1, 0.15) is 5.75 Å². The minimum absolute atomic E-state index is 0.756. The lowest BCUT2D eigenvalue weighted by Crippen LogP contribution is -2.30. The van der Waals surface area contributed by atoms with Crippen LogP contribution in [0.5, 0.6) is 5.75 Å². The van der Waals surface area contributed by atoms with E-state index in [4.69, 9.17) is 16.3 Å². The van der Waals surface area contributed by atoms with Gasteiger partial charge in [-0.25, -0.2) is 0 Å². The van der Waals surface area contributed by atoms with Gasteiger partial charge in [-0.15, -0.1) is 0 Å². The van der Waals surface area contributed by atoms with Gasteiger partial charge in [0.05, 0.1) is 6.61 Å². The van der Waals surface area contributed by atoms with Crippen LogP contribution in [0.3, 0.4) is 0 Å². The second-order valence-corrected chi connectivity index (χ2v) is 5.51. The van der Waals surface area contributed by atoms with Crippen LogP contribution in [0.2, 0.25) is 5.02 Å². The molecule has 0 aromatic heterocycles. The minimum Gasteiger partial charge on any atom is -0.494 e. The molecular weight excluding hydrogens is 258 g/mol. The lowest BCUT2D eigenvalue weighted by molar-refractivity contribution is 0.243. The zero-order chi connectivity index (χ0) is 13.3. The molecule has 0 aliphatic carbocycles. The summed E-state index contributed by atoms with van der Waals surface area (Å²) in [7, 11) is 0. The van der Waals surface area contributed by atoms with E-state index in [0.717, 1.165) is 23.8 Å². The van der Waals surface area contributed by atoms with E-state index in [-0.39, 0.29) is 0 Å². The first-order chi connectivity index (χ1) is 9.34. The Hall–Kier alpha value is -0.730. The highest BCUT2D eigenvalue weighted by Gasteiger charge is 2.08. The Morgan fingerprint density at radius 2 is 1.74 bits per heavy atom. The number of likely N-dealkylation sites (tertiary alicyclic amines) is 1. The normalized spacial score (nSPS) is 16.5. The van der Waals surface area contributed by atoms with Crippen LogP contribution >= 0.6 is 11.6 Å². The fourth-order valence-electron chi connectivity index (χ4n) is 2.36. The molecule has 1 saturated heterocycles. The Labute approximate surface area is 121 Å². The second-order valence-electron chi connectivity index (χ2n) is 5.07. The Bertz CT molecular complexity index is 346. The van der Waals surface area contributed by atoms with Crippen molar-refractivity contribution >= 4 is 11.6 Å². The number of nitrogens with zero attached hydrogens (tertiary/aromatic N) is 1. The van der Waals surface area contributed by atoms with Gasteiger partial charge in [-0.05, 0) is 82.4 Å². The fourth-order valence-corrected chi connectivity index (χ4v) is 2.49. The van der Waals surface area contributed by atoms with Crippen molar-refractivity contribution in [2.75, 3.05) is 26.2 Å². The Kier molecular flexibility index (Phi) is 6.52. The van der Waals surface area contributed by atoms with Gasteiger partial charge >= 0.3 is 0 Å². The van der Waals surface area contributed by atoms with Crippen LogP contribution in [0.1, 0.15) is 32.1 Å². The van der Waals surface area contributed by atoms with E-state index in [2.05, 4.69) is 11.3 Å². The average molecular weight is 281 g/mol. The summed E-state index contributed by atoms with van der Waals surface area (Å²) in [5.74, 6) is 0.913. The maximum absolute atomic E-state index is 5.83. The van der Waals surface area contributed by atoms with E-state index < -0.39 is 0 Å². The molecule has 1 aliphatic heterocycles. The van der Waals surface area contributed by atoms with E-state index in [1.807, 2.05) is 24.3 Å². The van der Waals surface area contributed by atoms with Crippen LogP contribution in [0.15, 0.2) is 24.3 Å². The molecule has 0 amide bonds. The molecule has 0 saturated carbocycles. The number of halogens is 1. The topological polar surface area (TPSA) is 12.5 Å². The van der Waals surface area contributed by atoms with Crippen LogP contribution in [0.25, 0.3) is 0 Å². The zero-order valence-electron chi connectivity index (χ0n) is 11.5. The first-order valence-electron chi connectivity index (χ1n) is 7.27. The first-order valence-corrected chi connectivity index (χ1v) is 7.65. The van der Waals surface area contributed by atoms with Crippen LogP contribution in [0.4, 0.5) is 0 Å². The number of hydrogen-bond acceptors (Lipinski definition) is 2. The predicted octanol–water partition coefficient (Wildman–Crippen LogP) is 4.19. The van der Waals surface area contributed by atoms with Crippen LogP contribution < -0.4 is 4.74 Å². The molecule has 2 nitrogen and oxygen atoms in total. The third-order valence-electron chi connectivity index (χ3n) is 3.50. The second kappa shape index (κ2) is 8.44. The SMILES string of the molecule is Clc1ccc(OCCCCCN2CC[CH]CC2)cc1. The van der Waals surface area contributed by atoms with E-state index in [1.54, 1.807) is 0 Å². The van der Waals surface area contributed by atoms with Crippen molar-refractivity contribution in [3.8, 4) is 5.75 Å². The minimum atomic E-state index is 0.756. The fraction of sp³-hybridized carbons (Fsp3) is 0.562. The van der Waals surface area contributed by atoms with Crippen molar-refractivity contribution in [2.24, 2.45) is 0 Å². The molecule has 0 bridgehead atoms. The molecule has 1 aliphatic rings. The summed E-state index contributed by atoms with van der Waals surface area (Å²) in [6.07, 6.45) is 8.58. The molecule has 1 heterocycles. The summed E-state index contributed by atoms with van der Waals surface area (Å²) in [6, 6.07) is 7.58. The molecule has 19 heavy (non-hydrogen) atoms. The number of unbranched alkanes of at least 4 members (excludes halogenated alkanes) is 2. The molecule has 1 aromatic rings. The van der Waals surface area contributed by atoms with E-state index in [9.17, 15) is 0 Å². The van der Waals surface area contributed by atoms with Crippen molar-refractivity contribution in [3.63, 3.8) is 0 Å². The number of ether oxygens (including phenoxy) is 1. The predicted molar refractivity (Wildman–Crippen MR) is 80.8 cm³/mol. The van der Waals surface area contributed by atoms with Gasteiger partial charge in [0, 0.05) is 5.02 Å². The zero-order valence-corrected chi connectivity index (χ0v) is 12.2. The largest absolute Gasteiger partial charge is 0.494 e. The molecular formula is C16H23ClNO. The molecule has 1 fully saturated rings. The maximum atomic E-state index is 5.83. The van der Waals surface area contributed by atoms with Crippen molar-refractivity contribution in [1.29, 1.82) is 0 Å². The molecule has 1 radical (unpaired) electrons. The number of hydrogen-bond donors (Lipinski definition) is 0. The quantitative estimate of drug-likeness (QED) is 0.695. The standard InChI is InChI=1S/C16H23ClNO/c17-15-7-9-16(10-8-15)19-14-6-2-5-13-18-11-3-1-4-12-18/h1,7-10H,2-6,11-14H2. The maximum Gasteiger partial charge on any atom is 0.119 e. The van der Waals surface area contributed by atoms with E-state index in [0.29, 0.717) is 0 Å². The summed E-state index contributed by atoms with van der Waals surface area (Å²) in [6.45, 7) is 4.55. The Morgan fingerprint density at radius 1 is 1.00 bits per heavy atom. The molecule has 0 spiro atoms. The van der Waals surface area contributed by atoms with Gasteiger partial charge in [-0.2, -0.15) is 0 Å². The smallest absolute Gasteiger partial charge is 0.119 e. The molecule has 2 rings (SSSR count). The summed E-state index contributed by atoms with van der Waals surface area (Å²) in [4.78, 5) is 2.57. The van der Waals surface area contributed by atoms with Crippen molar-refractivity contribution < 1.29 is 4.74 Å². The molecule has 1 aromatic carbocycles. The Morgan fingerprint density at radius 3 is 2.47 bits per heavy atom. The van der Waals surface area contributed by atoms with Gasteiger partial charge < -0.3 is 9.64 Å². The number of benzene rings is 1. The van der Waals surface area contributed by atoms with Gasteiger partial charge in [0.15, 0.2) is 0 Å². The van der Waals surface area contributed by atoms with Crippen molar-refractivity contribution in [1.82, 2.24) is 4.90 Å². The van der Waals surface area contributed by atoms with Crippen LogP contribution in [-0.4, -0.2) is 31.1 Å². The highest BCUT2D eigenvalue weighted by molar-refractivity contribution is 6.30. The Balaban J connectivity index is 1.49.